The molecule has 1 aliphatic carbocycles. The number of nitrogens with one attached hydrogen (secondary N) is 2. The van der Waals surface area contributed by atoms with E-state index in [-0.39, 0.29) is 5.91 Å². The van der Waals surface area contributed by atoms with Crippen LogP contribution in [0, 0.1) is 6.92 Å². The van der Waals surface area contributed by atoms with E-state index in [0.29, 0.717) is 16.9 Å². The third-order valence-corrected chi connectivity index (χ3v) is 5.12. The Morgan fingerprint density at radius 3 is 2.90 bits per heavy atom. The van der Waals surface area contributed by atoms with Crippen molar-refractivity contribution in [3.8, 4) is 0 Å². The van der Waals surface area contributed by atoms with Gasteiger partial charge in [0.05, 0.1) is 5.69 Å². The van der Waals surface area contributed by atoms with Crippen molar-refractivity contribution in [2.24, 2.45) is 5.84 Å². The number of hydrazine groups is 1. The summed E-state index contributed by atoms with van der Waals surface area (Å²) < 4.78 is 0. The van der Waals surface area contributed by atoms with Crippen LogP contribution in [-0.2, 0) is 0 Å². The maximum Gasteiger partial charge on any atom is 0.251 e. The van der Waals surface area contributed by atoms with Gasteiger partial charge in [0.25, 0.3) is 5.91 Å². The number of aryl methyl sites for hydroxylation is 1. The lowest BCUT2D eigenvalue weighted by atomic mass is 10.1. The smallest absolute Gasteiger partial charge is 0.251 e. The number of carbonyl (C=O) groups excluding carboxylic acids is 1. The minimum Gasteiger partial charge on any atom is -0.348 e. The van der Waals surface area contributed by atoms with Crippen molar-refractivity contribution in [3.05, 3.63) is 29.3 Å². The van der Waals surface area contributed by atoms with E-state index in [1.54, 1.807) is 0 Å². The fraction of sp³-hybridized carbons (Fsp3) is 0.533. The van der Waals surface area contributed by atoms with Crippen LogP contribution in [-0.4, -0.2) is 23.0 Å². The summed E-state index contributed by atoms with van der Waals surface area (Å²) in [6.07, 6.45) is 3.50. The Morgan fingerprint density at radius 1 is 1.45 bits per heavy atom. The van der Waals surface area contributed by atoms with Crippen molar-refractivity contribution in [1.82, 2.24) is 5.32 Å². The maximum absolute atomic E-state index is 12.3. The molecule has 0 spiro atoms. The first-order valence-electron chi connectivity index (χ1n) is 7.15. The summed E-state index contributed by atoms with van der Waals surface area (Å²) >= 11 is 1.95. The van der Waals surface area contributed by atoms with Crippen molar-refractivity contribution in [3.63, 3.8) is 0 Å². The largest absolute Gasteiger partial charge is 0.348 e. The van der Waals surface area contributed by atoms with Gasteiger partial charge in [-0.15, -0.1) is 0 Å². The number of amides is 1. The highest BCUT2D eigenvalue weighted by atomic mass is 32.2. The zero-order chi connectivity index (χ0) is 14.5. The van der Waals surface area contributed by atoms with E-state index in [9.17, 15) is 4.79 Å². The quantitative estimate of drug-likeness (QED) is 0.577. The molecule has 1 aromatic rings. The molecule has 4 N–H and O–H groups in total. The summed E-state index contributed by atoms with van der Waals surface area (Å²) in [5.74, 6) is 6.53. The maximum atomic E-state index is 12.3. The van der Waals surface area contributed by atoms with Gasteiger partial charge in [0.1, 0.15) is 0 Å². The number of nitrogen functional groups attached to an aromatic ring is 1. The van der Waals surface area contributed by atoms with E-state index in [1.807, 2.05) is 36.9 Å². The molecule has 20 heavy (non-hydrogen) atoms. The molecule has 0 aliphatic heterocycles. The Bertz CT molecular complexity index is 478. The Kier molecular flexibility index (Phi) is 5.31. The Balaban J connectivity index is 2.02. The van der Waals surface area contributed by atoms with Gasteiger partial charge in [-0.25, -0.2) is 0 Å². The van der Waals surface area contributed by atoms with Crippen LogP contribution in [0.5, 0.6) is 0 Å². The molecule has 0 bridgehead atoms. The van der Waals surface area contributed by atoms with Crippen LogP contribution in [0.2, 0.25) is 0 Å². The van der Waals surface area contributed by atoms with Gasteiger partial charge in [0.2, 0.25) is 0 Å². The average molecular weight is 293 g/mol. The van der Waals surface area contributed by atoms with Gasteiger partial charge in [-0.2, -0.15) is 11.8 Å². The van der Waals surface area contributed by atoms with E-state index < -0.39 is 0 Å². The molecule has 4 nitrogen and oxygen atoms in total. The van der Waals surface area contributed by atoms with Gasteiger partial charge >= 0.3 is 0 Å². The summed E-state index contributed by atoms with van der Waals surface area (Å²) in [6.45, 7) is 4.11. The first-order valence-corrected chi connectivity index (χ1v) is 8.20. The van der Waals surface area contributed by atoms with Crippen LogP contribution in [0.15, 0.2) is 18.2 Å². The van der Waals surface area contributed by atoms with Gasteiger partial charge in [0, 0.05) is 16.9 Å². The zero-order valence-corrected chi connectivity index (χ0v) is 12.9. The normalized spacial score (nSPS) is 21.8. The molecular weight excluding hydrogens is 270 g/mol. The van der Waals surface area contributed by atoms with Gasteiger partial charge in [-0.3, -0.25) is 10.6 Å². The second kappa shape index (κ2) is 6.99. The lowest BCUT2D eigenvalue weighted by molar-refractivity contribution is 0.0938. The van der Waals surface area contributed by atoms with Crippen LogP contribution in [0.1, 0.15) is 42.1 Å². The molecule has 0 radical (unpaired) electrons. The van der Waals surface area contributed by atoms with Crippen molar-refractivity contribution < 1.29 is 4.79 Å². The van der Waals surface area contributed by atoms with E-state index in [4.69, 9.17) is 5.84 Å². The molecule has 2 unspecified atom stereocenters. The number of nitrogens with two attached hydrogens (primary N) is 1. The van der Waals surface area contributed by atoms with Crippen LogP contribution in [0.4, 0.5) is 5.69 Å². The Morgan fingerprint density at radius 2 is 2.25 bits per heavy atom. The minimum absolute atomic E-state index is 0.0188. The van der Waals surface area contributed by atoms with Crippen LogP contribution in [0.25, 0.3) is 0 Å². The third kappa shape index (κ3) is 3.46. The SMILES string of the molecule is CCSC1CCCC1NC(=O)c1ccc(NN)c(C)c1. The second-order valence-corrected chi connectivity index (χ2v) is 6.69. The molecule has 0 aromatic heterocycles. The predicted molar refractivity (Wildman–Crippen MR) is 86.0 cm³/mol. The summed E-state index contributed by atoms with van der Waals surface area (Å²) in [6, 6.07) is 5.84. The lowest BCUT2D eigenvalue weighted by Gasteiger charge is -2.20. The molecule has 0 heterocycles. The predicted octanol–water partition coefficient (Wildman–Crippen LogP) is 2.68. The van der Waals surface area contributed by atoms with E-state index in [2.05, 4.69) is 17.7 Å². The van der Waals surface area contributed by atoms with Crippen LogP contribution < -0.4 is 16.6 Å². The molecule has 2 rings (SSSR count). The highest BCUT2D eigenvalue weighted by Gasteiger charge is 2.28. The van der Waals surface area contributed by atoms with Crippen molar-refractivity contribution in [2.45, 2.75) is 44.4 Å². The van der Waals surface area contributed by atoms with E-state index in [1.165, 1.54) is 12.8 Å². The number of hydrogen-bond donors (Lipinski definition) is 3. The van der Waals surface area contributed by atoms with Crippen LogP contribution in [0.3, 0.4) is 0 Å². The van der Waals surface area contributed by atoms with Gasteiger partial charge in [-0.1, -0.05) is 13.3 Å². The molecule has 1 saturated carbocycles. The average Bonchev–Trinajstić information content (AvgIpc) is 2.86. The number of anilines is 1. The Hall–Kier alpha value is -1.20. The van der Waals surface area contributed by atoms with Crippen LogP contribution >= 0.6 is 11.8 Å². The molecule has 0 saturated heterocycles. The fourth-order valence-electron chi connectivity index (χ4n) is 2.72. The number of carbonyl (C=O) groups is 1. The highest BCUT2D eigenvalue weighted by molar-refractivity contribution is 7.99. The number of benzene rings is 1. The first-order chi connectivity index (χ1) is 9.65. The molecule has 2 atom stereocenters. The number of rotatable bonds is 5. The molecule has 1 fully saturated rings. The standard InChI is InChI=1S/C15H23N3OS/c1-3-20-14-6-4-5-13(14)17-15(19)11-7-8-12(18-16)10(2)9-11/h7-9,13-14,18H,3-6,16H2,1-2H3,(H,17,19). The molecule has 110 valence electrons. The molecule has 1 aromatic carbocycles. The topological polar surface area (TPSA) is 67.2 Å². The van der Waals surface area contributed by atoms with E-state index >= 15 is 0 Å². The minimum atomic E-state index is 0.0188. The summed E-state index contributed by atoms with van der Waals surface area (Å²) in [5, 5.41) is 3.75. The highest BCUT2D eigenvalue weighted by Crippen LogP contribution is 2.30. The van der Waals surface area contributed by atoms with Crippen molar-refractivity contribution in [2.75, 3.05) is 11.2 Å². The third-order valence-electron chi connectivity index (χ3n) is 3.79. The summed E-state index contributed by atoms with van der Waals surface area (Å²) in [5.41, 5.74) is 5.15. The van der Waals surface area contributed by atoms with Crippen molar-refractivity contribution in [1.29, 1.82) is 0 Å². The monoisotopic (exact) mass is 293 g/mol. The molecular formula is C15H23N3OS. The van der Waals surface area contributed by atoms with Gasteiger partial charge in [-0.05, 0) is 49.3 Å². The summed E-state index contributed by atoms with van der Waals surface area (Å²) in [4.78, 5) is 12.3. The first kappa shape index (κ1) is 15.2. The molecule has 1 aliphatic rings. The Labute approximate surface area is 124 Å². The molecule has 5 heteroatoms. The fourth-order valence-corrected chi connectivity index (χ4v) is 3.92. The van der Waals surface area contributed by atoms with Gasteiger partial charge < -0.3 is 10.7 Å². The number of hydrogen-bond acceptors (Lipinski definition) is 4. The second-order valence-electron chi connectivity index (χ2n) is 5.18. The van der Waals surface area contributed by atoms with Crippen molar-refractivity contribution >= 4 is 23.4 Å². The lowest BCUT2D eigenvalue weighted by Crippen LogP contribution is -2.38. The molecule has 1 amide bonds. The number of thioether (sulfide) groups is 1. The zero-order valence-electron chi connectivity index (χ0n) is 12.1. The van der Waals surface area contributed by atoms with E-state index in [0.717, 1.165) is 23.4 Å². The summed E-state index contributed by atoms with van der Waals surface area (Å²) in [7, 11) is 0. The van der Waals surface area contributed by atoms with Gasteiger partial charge in [0.15, 0.2) is 0 Å².